The second-order valence-electron chi connectivity index (χ2n) is 11.3. The minimum atomic E-state index is -0.247. The van der Waals surface area contributed by atoms with Crippen molar-refractivity contribution in [2.24, 2.45) is 5.41 Å². The molecule has 1 aliphatic carbocycles. The van der Waals surface area contributed by atoms with Crippen molar-refractivity contribution < 1.29 is 9.53 Å². The molecule has 0 N–H and O–H groups in total. The number of hydrogen-bond donors (Lipinski definition) is 0. The van der Waals surface area contributed by atoms with E-state index >= 15 is 0 Å². The van der Waals surface area contributed by atoms with Crippen molar-refractivity contribution in [1.29, 1.82) is 0 Å². The van der Waals surface area contributed by atoms with Gasteiger partial charge in [-0.1, -0.05) is 25.6 Å². The van der Waals surface area contributed by atoms with Crippen LogP contribution >= 0.6 is 18.5 Å². The molecule has 0 spiro atoms. The molecule has 198 valence electrons. The summed E-state index contributed by atoms with van der Waals surface area (Å²) in [5, 5.41) is 3.19. The van der Waals surface area contributed by atoms with Gasteiger partial charge in [-0.3, -0.25) is 9.36 Å². The number of aryl methyl sites for hydroxylation is 1. The molecule has 9 heteroatoms. The highest BCUT2D eigenvalue weighted by atomic mass is 31.0. The lowest BCUT2D eigenvalue weighted by Crippen LogP contribution is -2.54. The summed E-state index contributed by atoms with van der Waals surface area (Å²) in [6, 6.07) is 6.39. The zero-order valence-electron chi connectivity index (χ0n) is 22.2. The molecule has 1 saturated carbocycles. The molecule has 3 heterocycles. The maximum atomic E-state index is 13.7. The Kier molecular flexibility index (Phi) is 6.16. The van der Waals surface area contributed by atoms with E-state index < -0.39 is 0 Å². The Balaban J connectivity index is 1.59. The predicted octanol–water partition coefficient (Wildman–Crippen LogP) is 3.29. The first-order chi connectivity index (χ1) is 18.1. The van der Waals surface area contributed by atoms with Gasteiger partial charge in [0.1, 0.15) is 12.4 Å². The van der Waals surface area contributed by atoms with Crippen LogP contribution in [0.15, 0.2) is 35.6 Å². The summed E-state index contributed by atoms with van der Waals surface area (Å²) >= 11 is 0. The molecular weight excluding hydrogens is 514 g/mol. The number of carbonyl (C=O) groups excluding carboxylic acids is 1. The first-order valence-electron chi connectivity index (χ1n) is 13.2. The number of aromatic nitrogens is 2. The van der Waals surface area contributed by atoms with Crippen molar-refractivity contribution in [2.75, 3.05) is 24.5 Å². The van der Waals surface area contributed by atoms with Gasteiger partial charge in [0.15, 0.2) is 5.75 Å². The van der Waals surface area contributed by atoms with Crippen molar-refractivity contribution in [3.05, 3.63) is 52.5 Å². The summed E-state index contributed by atoms with van der Waals surface area (Å²) in [7, 11) is 5.72. The van der Waals surface area contributed by atoms with Crippen LogP contribution in [0.25, 0.3) is 22.0 Å². The minimum absolute atomic E-state index is 0.00384. The molecule has 2 unspecified atom stereocenters. The van der Waals surface area contributed by atoms with Crippen LogP contribution in [0.5, 0.6) is 5.75 Å². The van der Waals surface area contributed by atoms with Crippen LogP contribution in [0.3, 0.4) is 0 Å². The number of benzene rings is 2. The standard InChI is InChI=1S/C29H34N4O3P2/c1-5-21(34)31-10-11-32(17(3)13-31)27-19-12-16(2)22-23-18(6-7-20(37)26(23)38)14-36-25(22)24(19)33(28(35)30-27)15-29(4)8-9-29/h5-7,12,17H,1,8-11,13-15,37-38H2,2-4H3/t17-/m0/s1. The summed E-state index contributed by atoms with van der Waals surface area (Å²) in [6.45, 7) is 12.8. The molecule has 0 bridgehead atoms. The van der Waals surface area contributed by atoms with Gasteiger partial charge in [0, 0.05) is 48.7 Å². The van der Waals surface area contributed by atoms with E-state index in [0.29, 0.717) is 38.6 Å². The fourth-order valence-electron chi connectivity index (χ4n) is 5.94. The van der Waals surface area contributed by atoms with Gasteiger partial charge >= 0.3 is 5.69 Å². The lowest BCUT2D eigenvalue weighted by Gasteiger charge is -2.41. The molecule has 3 aromatic rings. The Morgan fingerprint density at radius 2 is 2.03 bits per heavy atom. The Morgan fingerprint density at radius 1 is 1.26 bits per heavy atom. The largest absolute Gasteiger partial charge is 0.486 e. The molecule has 2 aromatic carbocycles. The first kappa shape index (κ1) is 25.5. The third-order valence-electron chi connectivity index (χ3n) is 8.41. The Bertz CT molecular complexity index is 1580. The van der Waals surface area contributed by atoms with Crippen molar-refractivity contribution >= 4 is 51.7 Å². The maximum absolute atomic E-state index is 13.7. The lowest BCUT2D eigenvalue weighted by atomic mass is 9.91. The fourth-order valence-corrected chi connectivity index (χ4v) is 6.61. The van der Waals surface area contributed by atoms with Crippen LogP contribution in [0.2, 0.25) is 0 Å². The Hall–Kier alpha value is -2.75. The third-order valence-corrected chi connectivity index (χ3v) is 9.87. The molecule has 6 rings (SSSR count). The van der Waals surface area contributed by atoms with Crippen LogP contribution < -0.4 is 25.9 Å². The quantitative estimate of drug-likeness (QED) is 0.370. The summed E-state index contributed by atoms with van der Waals surface area (Å²) in [5.41, 5.74) is 5.14. The van der Waals surface area contributed by atoms with E-state index in [1.54, 1.807) is 4.90 Å². The number of piperazine rings is 1. The van der Waals surface area contributed by atoms with Gasteiger partial charge in [-0.15, -0.1) is 18.5 Å². The monoisotopic (exact) mass is 548 g/mol. The predicted molar refractivity (Wildman–Crippen MR) is 160 cm³/mol. The molecule has 0 radical (unpaired) electrons. The zero-order valence-corrected chi connectivity index (χ0v) is 24.5. The van der Waals surface area contributed by atoms with Crippen LogP contribution in [-0.4, -0.2) is 46.0 Å². The van der Waals surface area contributed by atoms with Gasteiger partial charge in [-0.2, -0.15) is 4.98 Å². The average molecular weight is 549 g/mol. The van der Waals surface area contributed by atoms with Gasteiger partial charge in [0.05, 0.1) is 5.52 Å². The smallest absolute Gasteiger partial charge is 0.350 e. The fraction of sp³-hybridized carbons (Fsp3) is 0.414. The number of hydrogen-bond acceptors (Lipinski definition) is 5. The molecule has 3 aliphatic rings. The number of fused-ring (bicyclic) bond motifs is 5. The van der Waals surface area contributed by atoms with Gasteiger partial charge in [0.2, 0.25) is 5.91 Å². The Labute approximate surface area is 227 Å². The highest BCUT2D eigenvalue weighted by Crippen LogP contribution is 2.49. The summed E-state index contributed by atoms with van der Waals surface area (Å²) in [4.78, 5) is 34.7. The van der Waals surface area contributed by atoms with Gasteiger partial charge < -0.3 is 14.5 Å². The number of ether oxygens (including phenoxy) is 1. The van der Waals surface area contributed by atoms with Gasteiger partial charge in [-0.05, 0) is 66.0 Å². The minimum Gasteiger partial charge on any atom is -0.486 e. The number of nitrogens with zero attached hydrogens (tertiary/aromatic N) is 4. The molecule has 7 nitrogen and oxygen atoms in total. The second kappa shape index (κ2) is 9.17. The van der Waals surface area contributed by atoms with E-state index in [1.807, 2.05) is 4.57 Å². The van der Waals surface area contributed by atoms with Crippen molar-refractivity contribution in [2.45, 2.75) is 52.8 Å². The molecule has 3 atom stereocenters. The van der Waals surface area contributed by atoms with Crippen LogP contribution in [-0.2, 0) is 17.9 Å². The van der Waals surface area contributed by atoms with Crippen molar-refractivity contribution in [3.8, 4) is 16.9 Å². The third kappa shape index (κ3) is 4.06. The highest BCUT2D eigenvalue weighted by Gasteiger charge is 2.39. The van der Waals surface area contributed by atoms with Crippen LogP contribution in [0, 0.1) is 12.3 Å². The Morgan fingerprint density at radius 3 is 2.71 bits per heavy atom. The topological polar surface area (TPSA) is 67.7 Å². The zero-order chi connectivity index (χ0) is 26.9. The van der Waals surface area contributed by atoms with Crippen molar-refractivity contribution in [1.82, 2.24) is 14.5 Å². The van der Waals surface area contributed by atoms with Crippen LogP contribution in [0.4, 0.5) is 5.82 Å². The second-order valence-corrected chi connectivity index (χ2v) is 12.5. The van der Waals surface area contributed by atoms with E-state index in [-0.39, 0.29) is 23.1 Å². The average Bonchev–Trinajstić information content (AvgIpc) is 3.63. The van der Waals surface area contributed by atoms with Gasteiger partial charge in [-0.25, -0.2) is 4.79 Å². The molecule has 2 aliphatic heterocycles. The van der Waals surface area contributed by atoms with E-state index in [9.17, 15) is 9.59 Å². The number of amides is 1. The number of anilines is 1. The number of rotatable bonds is 4. The molecule has 38 heavy (non-hydrogen) atoms. The molecule has 1 saturated heterocycles. The first-order valence-corrected chi connectivity index (χ1v) is 14.3. The summed E-state index contributed by atoms with van der Waals surface area (Å²) in [5.74, 6) is 1.37. The maximum Gasteiger partial charge on any atom is 0.350 e. The molecular formula is C29H34N4O3P2. The summed E-state index contributed by atoms with van der Waals surface area (Å²) in [6.07, 6.45) is 3.56. The van der Waals surface area contributed by atoms with Crippen molar-refractivity contribution in [3.63, 3.8) is 0 Å². The van der Waals surface area contributed by atoms with E-state index in [1.165, 1.54) is 11.6 Å². The van der Waals surface area contributed by atoms with E-state index in [2.05, 4.69) is 68.9 Å². The SMILES string of the molecule is C=CC(=O)N1CCN(c2nc(=O)n(CC3(C)CC3)c3c4c(c(C)cc23)-c2c(ccc(P)c2P)CO4)[C@@H](C)C1. The lowest BCUT2D eigenvalue weighted by molar-refractivity contribution is -0.126. The van der Waals surface area contributed by atoms with Gasteiger partial charge in [0.25, 0.3) is 0 Å². The van der Waals surface area contributed by atoms with E-state index in [4.69, 9.17) is 9.72 Å². The van der Waals surface area contributed by atoms with Crippen LogP contribution in [0.1, 0.15) is 37.8 Å². The van der Waals surface area contributed by atoms with E-state index in [0.717, 1.165) is 56.8 Å². The summed E-state index contributed by atoms with van der Waals surface area (Å²) < 4.78 is 8.37. The normalized spacial score (nSPS) is 19.6. The molecule has 1 amide bonds. The highest BCUT2D eigenvalue weighted by molar-refractivity contribution is 7.36. The number of carbonyl (C=O) groups is 1. The molecule has 2 fully saturated rings. The molecule has 1 aromatic heterocycles.